The summed E-state index contributed by atoms with van der Waals surface area (Å²) in [5.74, 6) is 0.537. The summed E-state index contributed by atoms with van der Waals surface area (Å²) in [4.78, 5) is 4.88. The van der Waals surface area contributed by atoms with E-state index in [1.54, 1.807) is 0 Å². The predicted molar refractivity (Wildman–Crippen MR) is 66.5 cm³/mol. The normalized spacial score (nSPS) is 37.1. The maximum Gasteiger partial charge on any atom is 0.0580 e. The van der Waals surface area contributed by atoms with Gasteiger partial charge in [0.1, 0.15) is 0 Å². The Morgan fingerprint density at radius 2 is 1.94 bits per heavy atom. The van der Waals surface area contributed by atoms with Crippen LogP contribution in [0.3, 0.4) is 0 Å². The van der Waals surface area contributed by atoms with Crippen LogP contribution in [0.2, 0.25) is 0 Å². The summed E-state index contributed by atoms with van der Waals surface area (Å²) in [6, 6.07) is 0.723. The molecule has 16 heavy (non-hydrogen) atoms. The highest BCUT2D eigenvalue weighted by Gasteiger charge is 2.29. The van der Waals surface area contributed by atoms with E-state index in [9.17, 15) is 5.11 Å². The lowest BCUT2D eigenvalue weighted by Gasteiger charge is -2.31. The van der Waals surface area contributed by atoms with E-state index in [2.05, 4.69) is 23.9 Å². The number of likely N-dealkylation sites (tertiary alicyclic amines) is 1. The van der Waals surface area contributed by atoms with Gasteiger partial charge in [0.05, 0.1) is 6.10 Å². The molecule has 0 bridgehead atoms. The van der Waals surface area contributed by atoms with Crippen molar-refractivity contribution in [2.24, 2.45) is 5.92 Å². The van der Waals surface area contributed by atoms with Crippen LogP contribution in [0.1, 0.15) is 32.1 Å². The molecule has 0 aromatic heterocycles. The Morgan fingerprint density at radius 3 is 2.56 bits per heavy atom. The Labute approximate surface area is 99.4 Å². The van der Waals surface area contributed by atoms with E-state index >= 15 is 0 Å². The molecule has 1 N–H and O–H groups in total. The lowest BCUT2D eigenvalue weighted by molar-refractivity contribution is 0.0500. The summed E-state index contributed by atoms with van der Waals surface area (Å²) in [7, 11) is 4.34. The molecule has 0 amide bonds. The molecule has 1 aliphatic heterocycles. The second-order valence-electron chi connectivity index (χ2n) is 5.78. The van der Waals surface area contributed by atoms with Gasteiger partial charge >= 0.3 is 0 Å². The second-order valence-corrected chi connectivity index (χ2v) is 5.78. The minimum Gasteiger partial charge on any atom is -0.393 e. The maximum absolute atomic E-state index is 9.97. The predicted octanol–water partition coefficient (Wildman–Crippen LogP) is 1.17. The fourth-order valence-electron chi connectivity index (χ4n) is 3.13. The van der Waals surface area contributed by atoms with Crippen molar-refractivity contribution in [3.8, 4) is 0 Å². The molecule has 0 aromatic carbocycles. The third-order valence-corrected chi connectivity index (χ3v) is 4.34. The molecule has 1 saturated heterocycles. The quantitative estimate of drug-likeness (QED) is 0.782. The van der Waals surface area contributed by atoms with Crippen LogP contribution in [0.4, 0.5) is 0 Å². The SMILES string of the molecule is CN(C)C1CCN(CC2CCCCC2O)C1. The van der Waals surface area contributed by atoms with Crippen molar-refractivity contribution in [1.29, 1.82) is 0 Å². The lowest BCUT2D eigenvalue weighted by atomic mass is 9.86. The fraction of sp³-hybridized carbons (Fsp3) is 1.00. The van der Waals surface area contributed by atoms with Gasteiger partial charge in [-0.1, -0.05) is 12.8 Å². The second kappa shape index (κ2) is 5.48. The van der Waals surface area contributed by atoms with Crippen molar-refractivity contribution < 1.29 is 5.11 Å². The third kappa shape index (κ3) is 2.96. The van der Waals surface area contributed by atoms with Gasteiger partial charge in [0, 0.05) is 19.1 Å². The van der Waals surface area contributed by atoms with Gasteiger partial charge in [-0.3, -0.25) is 0 Å². The van der Waals surface area contributed by atoms with Crippen molar-refractivity contribution in [2.75, 3.05) is 33.7 Å². The molecule has 0 spiro atoms. The highest BCUT2D eigenvalue weighted by molar-refractivity contribution is 4.84. The summed E-state index contributed by atoms with van der Waals surface area (Å²) in [6.07, 6.45) is 6.03. The van der Waals surface area contributed by atoms with Crippen molar-refractivity contribution in [3.63, 3.8) is 0 Å². The van der Waals surface area contributed by atoms with Gasteiger partial charge in [0.2, 0.25) is 0 Å². The zero-order valence-corrected chi connectivity index (χ0v) is 10.7. The standard InChI is InChI=1S/C13H26N2O/c1-14(2)12-7-8-15(10-12)9-11-5-3-4-6-13(11)16/h11-13,16H,3-10H2,1-2H3. The Kier molecular flexibility index (Phi) is 4.22. The molecule has 2 aliphatic rings. The molecule has 2 rings (SSSR count). The molecule has 0 radical (unpaired) electrons. The molecule has 1 aliphatic carbocycles. The average molecular weight is 226 g/mol. The lowest BCUT2D eigenvalue weighted by Crippen LogP contribution is -2.38. The molecule has 3 nitrogen and oxygen atoms in total. The minimum absolute atomic E-state index is 0.0350. The summed E-state index contributed by atoms with van der Waals surface area (Å²) in [6.45, 7) is 3.52. The first kappa shape index (κ1) is 12.3. The van der Waals surface area contributed by atoms with Crippen molar-refractivity contribution in [1.82, 2.24) is 9.80 Å². The number of rotatable bonds is 3. The first-order valence-corrected chi connectivity index (χ1v) is 6.73. The summed E-state index contributed by atoms with van der Waals surface area (Å²) < 4.78 is 0. The number of aliphatic hydroxyl groups is 1. The molecule has 3 atom stereocenters. The number of likely N-dealkylation sites (N-methyl/N-ethyl adjacent to an activating group) is 1. The van der Waals surface area contributed by atoms with Crippen molar-refractivity contribution >= 4 is 0 Å². The third-order valence-electron chi connectivity index (χ3n) is 4.34. The Bertz CT molecular complexity index is 220. The largest absolute Gasteiger partial charge is 0.393 e. The minimum atomic E-state index is -0.0350. The van der Waals surface area contributed by atoms with Gasteiger partial charge in [-0.25, -0.2) is 0 Å². The molecule has 94 valence electrons. The van der Waals surface area contributed by atoms with Crippen molar-refractivity contribution in [3.05, 3.63) is 0 Å². The molecule has 1 heterocycles. The number of hydrogen-bond acceptors (Lipinski definition) is 3. The van der Waals surface area contributed by atoms with E-state index in [0.717, 1.165) is 19.0 Å². The van der Waals surface area contributed by atoms with Crippen LogP contribution in [0.25, 0.3) is 0 Å². The van der Waals surface area contributed by atoms with Crippen LogP contribution < -0.4 is 0 Å². The van der Waals surface area contributed by atoms with Gasteiger partial charge < -0.3 is 14.9 Å². The smallest absolute Gasteiger partial charge is 0.0580 e. The van der Waals surface area contributed by atoms with E-state index < -0.39 is 0 Å². The molecule has 3 unspecified atom stereocenters. The summed E-state index contributed by atoms with van der Waals surface area (Å²) in [5, 5.41) is 9.97. The topological polar surface area (TPSA) is 26.7 Å². The monoisotopic (exact) mass is 226 g/mol. The van der Waals surface area contributed by atoms with Gasteiger partial charge in [-0.15, -0.1) is 0 Å². The van der Waals surface area contributed by atoms with E-state index in [1.165, 1.54) is 38.8 Å². The van der Waals surface area contributed by atoms with E-state index in [4.69, 9.17) is 0 Å². The van der Waals surface area contributed by atoms with Gasteiger partial charge in [0.25, 0.3) is 0 Å². The van der Waals surface area contributed by atoms with E-state index in [1.807, 2.05) is 0 Å². The first-order chi connectivity index (χ1) is 7.66. The van der Waals surface area contributed by atoms with Crippen LogP contribution >= 0.6 is 0 Å². The first-order valence-electron chi connectivity index (χ1n) is 6.73. The molecule has 0 aromatic rings. The van der Waals surface area contributed by atoms with Crippen molar-refractivity contribution in [2.45, 2.75) is 44.2 Å². The van der Waals surface area contributed by atoms with E-state index in [0.29, 0.717) is 5.92 Å². The zero-order chi connectivity index (χ0) is 11.5. The van der Waals surface area contributed by atoms with Gasteiger partial charge in [-0.05, 0) is 45.8 Å². The molecule has 2 fully saturated rings. The number of nitrogens with zero attached hydrogens (tertiary/aromatic N) is 2. The zero-order valence-electron chi connectivity index (χ0n) is 10.7. The number of hydrogen-bond donors (Lipinski definition) is 1. The molecule has 3 heteroatoms. The summed E-state index contributed by atoms with van der Waals surface area (Å²) >= 11 is 0. The Morgan fingerprint density at radius 1 is 1.19 bits per heavy atom. The maximum atomic E-state index is 9.97. The Balaban J connectivity index is 1.77. The highest BCUT2D eigenvalue weighted by atomic mass is 16.3. The van der Waals surface area contributed by atoms with E-state index in [-0.39, 0.29) is 6.10 Å². The molecular formula is C13H26N2O. The van der Waals surface area contributed by atoms with Crippen LogP contribution in [-0.4, -0.2) is 60.8 Å². The molecule has 1 saturated carbocycles. The number of aliphatic hydroxyl groups excluding tert-OH is 1. The van der Waals surface area contributed by atoms with Gasteiger partial charge in [0.15, 0.2) is 0 Å². The summed E-state index contributed by atoms with van der Waals surface area (Å²) in [5.41, 5.74) is 0. The van der Waals surface area contributed by atoms with Crippen LogP contribution in [-0.2, 0) is 0 Å². The van der Waals surface area contributed by atoms with Crippen LogP contribution in [0, 0.1) is 5.92 Å². The van der Waals surface area contributed by atoms with Crippen LogP contribution in [0.15, 0.2) is 0 Å². The highest BCUT2D eigenvalue weighted by Crippen LogP contribution is 2.26. The van der Waals surface area contributed by atoms with Crippen LogP contribution in [0.5, 0.6) is 0 Å². The average Bonchev–Trinajstić information content (AvgIpc) is 2.70. The fourth-order valence-corrected chi connectivity index (χ4v) is 3.13. The molecular weight excluding hydrogens is 200 g/mol. The van der Waals surface area contributed by atoms with Gasteiger partial charge in [-0.2, -0.15) is 0 Å². The Hall–Kier alpha value is -0.120.